The van der Waals surface area contributed by atoms with Gasteiger partial charge in [0.2, 0.25) is 5.91 Å². The first-order chi connectivity index (χ1) is 11.0. The fourth-order valence-electron chi connectivity index (χ4n) is 3.52. The Morgan fingerprint density at radius 3 is 2.57 bits per heavy atom. The highest BCUT2D eigenvalue weighted by atomic mass is 19.1. The molecule has 126 valence electrons. The van der Waals surface area contributed by atoms with Gasteiger partial charge in [0.15, 0.2) is 0 Å². The zero-order valence-corrected chi connectivity index (χ0v) is 13.5. The summed E-state index contributed by atoms with van der Waals surface area (Å²) in [6.45, 7) is 5.02. The van der Waals surface area contributed by atoms with Crippen LogP contribution < -0.4 is 4.90 Å². The third kappa shape index (κ3) is 3.80. The lowest BCUT2D eigenvalue weighted by atomic mass is 9.97. The van der Waals surface area contributed by atoms with E-state index in [1.165, 1.54) is 12.1 Å². The minimum Gasteiger partial charge on any atom is -0.367 e. The summed E-state index contributed by atoms with van der Waals surface area (Å²) in [5, 5.41) is 0. The predicted molar refractivity (Wildman–Crippen MR) is 85.4 cm³/mol. The van der Waals surface area contributed by atoms with Gasteiger partial charge in [-0.3, -0.25) is 9.69 Å². The van der Waals surface area contributed by atoms with Crippen LogP contribution in [0, 0.1) is 17.6 Å². The summed E-state index contributed by atoms with van der Waals surface area (Å²) >= 11 is 0. The van der Waals surface area contributed by atoms with Crippen molar-refractivity contribution in [3.63, 3.8) is 0 Å². The van der Waals surface area contributed by atoms with Crippen LogP contribution in [0.2, 0.25) is 0 Å². The molecule has 2 heterocycles. The van der Waals surface area contributed by atoms with E-state index in [9.17, 15) is 13.6 Å². The molecule has 0 aliphatic carbocycles. The molecule has 2 aliphatic heterocycles. The molecule has 23 heavy (non-hydrogen) atoms. The lowest BCUT2D eigenvalue weighted by Gasteiger charge is -2.39. The van der Waals surface area contributed by atoms with Crippen molar-refractivity contribution in [3.8, 4) is 0 Å². The van der Waals surface area contributed by atoms with Crippen LogP contribution in [0.15, 0.2) is 18.2 Å². The van der Waals surface area contributed by atoms with E-state index in [2.05, 4.69) is 4.90 Å². The molecular formula is C17H23F2N3O. The second kappa shape index (κ2) is 6.83. The second-order valence-electron chi connectivity index (χ2n) is 6.56. The molecule has 1 amide bonds. The highest BCUT2D eigenvalue weighted by Crippen LogP contribution is 2.23. The van der Waals surface area contributed by atoms with E-state index < -0.39 is 11.6 Å². The number of rotatable bonds is 3. The van der Waals surface area contributed by atoms with Crippen LogP contribution in [-0.2, 0) is 4.79 Å². The molecule has 2 saturated heterocycles. The van der Waals surface area contributed by atoms with Crippen molar-refractivity contribution in [2.45, 2.75) is 12.8 Å². The van der Waals surface area contributed by atoms with Gasteiger partial charge in [-0.15, -0.1) is 0 Å². The Labute approximate surface area is 135 Å². The van der Waals surface area contributed by atoms with Gasteiger partial charge in [0.05, 0.1) is 5.69 Å². The first-order valence-corrected chi connectivity index (χ1v) is 8.19. The molecule has 0 spiro atoms. The molecule has 1 atom stereocenters. The SMILES string of the molecule is CN1CC(CN2CCN(c3ccc(F)cc3F)CC2)CCC1=O. The summed E-state index contributed by atoms with van der Waals surface area (Å²) in [4.78, 5) is 17.7. The number of hydrogen-bond acceptors (Lipinski definition) is 3. The molecule has 0 aromatic heterocycles. The van der Waals surface area contributed by atoms with Crippen molar-refractivity contribution in [1.82, 2.24) is 9.80 Å². The number of amides is 1. The molecule has 0 saturated carbocycles. The van der Waals surface area contributed by atoms with E-state index in [0.717, 1.165) is 51.8 Å². The van der Waals surface area contributed by atoms with Crippen molar-refractivity contribution in [3.05, 3.63) is 29.8 Å². The maximum absolute atomic E-state index is 13.9. The smallest absolute Gasteiger partial charge is 0.222 e. The lowest BCUT2D eigenvalue weighted by Crippen LogP contribution is -2.50. The van der Waals surface area contributed by atoms with E-state index in [4.69, 9.17) is 0 Å². The zero-order valence-electron chi connectivity index (χ0n) is 13.5. The van der Waals surface area contributed by atoms with Crippen molar-refractivity contribution < 1.29 is 13.6 Å². The van der Waals surface area contributed by atoms with Crippen LogP contribution in [0.4, 0.5) is 14.5 Å². The summed E-state index contributed by atoms with van der Waals surface area (Å²) in [5.74, 6) is -0.281. The predicted octanol–water partition coefficient (Wildman–Crippen LogP) is 1.96. The largest absolute Gasteiger partial charge is 0.367 e. The molecule has 1 unspecified atom stereocenters. The average molecular weight is 323 g/mol. The third-order valence-electron chi connectivity index (χ3n) is 4.86. The van der Waals surface area contributed by atoms with Crippen LogP contribution in [0.5, 0.6) is 0 Å². The van der Waals surface area contributed by atoms with Gasteiger partial charge in [0.1, 0.15) is 11.6 Å². The van der Waals surface area contributed by atoms with E-state index in [0.29, 0.717) is 18.0 Å². The Bertz CT molecular complexity index is 573. The van der Waals surface area contributed by atoms with E-state index >= 15 is 0 Å². The number of hydrogen-bond donors (Lipinski definition) is 0. The first-order valence-electron chi connectivity index (χ1n) is 8.19. The average Bonchev–Trinajstić information content (AvgIpc) is 2.52. The monoisotopic (exact) mass is 323 g/mol. The summed E-state index contributed by atoms with van der Waals surface area (Å²) < 4.78 is 26.9. The topological polar surface area (TPSA) is 26.8 Å². The van der Waals surface area contributed by atoms with E-state index in [-0.39, 0.29) is 5.91 Å². The molecule has 6 heteroatoms. The van der Waals surface area contributed by atoms with E-state index in [1.807, 2.05) is 16.8 Å². The Hall–Kier alpha value is -1.69. The van der Waals surface area contributed by atoms with Crippen molar-refractivity contribution >= 4 is 11.6 Å². The van der Waals surface area contributed by atoms with Gasteiger partial charge in [-0.2, -0.15) is 0 Å². The Morgan fingerprint density at radius 2 is 1.91 bits per heavy atom. The van der Waals surface area contributed by atoms with Crippen molar-refractivity contribution in [1.29, 1.82) is 0 Å². The standard InChI is InChI=1S/C17H23F2N3O/c1-20-11-13(2-5-17(20)23)12-21-6-8-22(9-7-21)16-4-3-14(18)10-15(16)19/h3-4,10,13H,2,5-9,11-12H2,1H3. The molecule has 0 N–H and O–H groups in total. The van der Waals surface area contributed by atoms with Crippen LogP contribution >= 0.6 is 0 Å². The maximum Gasteiger partial charge on any atom is 0.222 e. The maximum atomic E-state index is 13.9. The third-order valence-corrected chi connectivity index (χ3v) is 4.86. The van der Waals surface area contributed by atoms with Gasteiger partial charge < -0.3 is 9.80 Å². The number of likely N-dealkylation sites (tertiary alicyclic amines) is 1. The molecular weight excluding hydrogens is 300 g/mol. The first kappa shape index (κ1) is 16.2. The summed E-state index contributed by atoms with van der Waals surface area (Å²) in [6, 6.07) is 3.76. The molecule has 2 aliphatic rings. The van der Waals surface area contributed by atoms with Gasteiger partial charge in [0, 0.05) is 58.8 Å². The molecule has 3 rings (SSSR count). The van der Waals surface area contributed by atoms with Gasteiger partial charge in [-0.25, -0.2) is 8.78 Å². The van der Waals surface area contributed by atoms with Gasteiger partial charge in [0.25, 0.3) is 0 Å². The molecule has 1 aromatic carbocycles. The number of carbonyl (C=O) groups is 1. The summed E-state index contributed by atoms with van der Waals surface area (Å²) in [6.07, 6.45) is 1.60. The molecule has 0 radical (unpaired) electrons. The molecule has 2 fully saturated rings. The quantitative estimate of drug-likeness (QED) is 0.851. The molecule has 1 aromatic rings. The van der Waals surface area contributed by atoms with Crippen molar-refractivity contribution in [2.75, 3.05) is 51.2 Å². The lowest BCUT2D eigenvalue weighted by molar-refractivity contribution is -0.133. The molecule has 4 nitrogen and oxygen atoms in total. The minimum atomic E-state index is -0.541. The molecule has 0 bridgehead atoms. The fraction of sp³-hybridized carbons (Fsp3) is 0.588. The van der Waals surface area contributed by atoms with Crippen LogP contribution in [0.25, 0.3) is 0 Å². The Morgan fingerprint density at radius 1 is 1.17 bits per heavy atom. The van der Waals surface area contributed by atoms with Crippen LogP contribution in [-0.4, -0.2) is 62.0 Å². The minimum absolute atomic E-state index is 0.234. The zero-order chi connectivity index (χ0) is 16.4. The van der Waals surface area contributed by atoms with Crippen molar-refractivity contribution in [2.24, 2.45) is 5.92 Å². The number of nitrogens with zero attached hydrogens (tertiary/aromatic N) is 3. The number of anilines is 1. The number of carbonyl (C=O) groups excluding carboxylic acids is 1. The van der Waals surface area contributed by atoms with E-state index in [1.54, 1.807) is 0 Å². The summed E-state index contributed by atoms with van der Waals surface area (Å²) in [5.41, 5.74) is 0.481. The Balaban J connectivity index is 1.51. The normalized spacial score (nSPS) is 23.4. The summed E-state index contributed by atoms with van der Waals surface area (Å²) in [7, 11) is 1.86. The highest BCUT2D eigenvalue weighted by Gasteiger charge is 2.26. The Kier molecular flexibility index (Phi) is 4.80. The van der Waals surface area contributed by atoms with Crippen LogP contribution in [0.1, 0.15) is 12.8 Å². The number of piperazine rings is 1. The fourth-order valence-corrected chi connectivity index (χ4v) is 3.52. The van der Waals surface area contributed by atoms with Crippen LogP contribution in [0.3, 0.4) is 0 Å². The van der Waals surface area contributed by atoms with Gasteiger partial charge in [-0.1, -0.05) is 0 Å². The van der Waals surface area contributed by atoms with Gasteiger partial charge in [-0.05, 0) is 24.5 Å². The number of piperidine rings is 1. The highest BCUT2D eigenvalue weighted by molar-refractivity contribution is 5.76. The number of benzene rings is 1. The van der Waals surface area contributed by atoms with Gasteiger partial charge >= 0.3 is 0 Å². The number of halogens is 2. The second-order valence-corrected chi connectivity index (χ2v) is 6.56.